The summed E-state index contributed by atoms with van der Waals surface area (Å²) in [6, 6.07) is 57.0. The maximum absolute atomic E-state index is 6.64. The molecule has 0 unspecified atom stereocenters. The topological polar surface area (TPSA) is 65.0 Å². The number of hydrogen-bond acceptors (Lipinski definition) is 5. The lowest BCUT2D eigenvalue weighted by Gasteiger charge is -2.18. The molecule has 0 N–H and O–H groups in total. The van der Waals surface area contributed by atoms with Crippen LogP contribution in [-0.4, -0.2) is 15.0 Å². The van der Waals surface area contributed by atoms with Crippen LogP contribution in [0.4, 0.5) is 0 Å². The zero-order chi connectivity index (χ0) is 38.2. The predicted molar refractivity (Wildman–Crippen MR) is 236 cm³/mol. The highest BCUT2D eigenvalue weighted by molar-refractivity contribution is 6.17. The van der Waals surface area contributed by atoms with Crippen molar-refractivity contribution in [3.63, 3.8) is 0 Å². The van der Waals surface area contributed by atoms with Crippen molar-refractivity contribution in [2.24, 2.45) is 0 Å². The molecule has 0 saturated heterocycles. The number of fused-ring (bicyclic) bond motifs is 8. The van der Waals surface area contributed by atoms with Crippen molar-refractivity contribution in [3.05, 3.63) is 181 Å². The molecule has 0 spiro atoms. The van der Waals surface area contributed by atoms with Gasteiger partial charge in [0.2, 0.25) is 0 Å². The van der Waals surface area contributed by atoms with Gasteiger partial charge in [0.15, 0.2) is 17.5 Å². The molecule has 3 heterocycles. The standard InChI is InChI=1S/C53H33N3O2/c1-2-15-33(16-3-1)51-54-52(56-53(55-51)44-25-13-24-41-40-21-8-10-26-46(40)58-50(41)44)42-29-28-39(37-19-6-7-20-38(37)42)45-30-34(36-23-12-17-32-14-4-5-18-35(32)36)31-48-49(45)43-22-9-11-27-47(43)57-48/h1-4,6-17,19-31H,5,18H2. The van der Waals surface area contributed by atoms with Crippen molar-refractivity contribution in [1.82, 2.24) is 15.0 Å². The summed E-state index contributed by atoms with van der Waals surface area (Å²) in [6.45, 7) is 0. The van der Waals surface area contributed by atoms with Gasteiger partial charge in [-0.15, -0.1) is 0 Å². The third kappa shape index (κ3) is 5.14. The number of aromatic nitrogens is 3. The van der Waals surface area contributed by atoms with E-state index in [1.54, 1.807) is 0 Å². The molecule has 0 amide bonds. The minimum atomic E-state index is 0.557. The molecule has 5 nitrogen and oxygen atoms in total. The van der Waals surface area contributed by atoms with Crippen molar-refractivity contribution >= 4 is 60.7 Å². The van der Waals surface area contributed by atoms with Gasteiger partial charge in [-0.25, -0.2) is 15.0 Å². The molecular formula is C53H33N3O2. The number of allylic oxidation sites excluding steroid dienone is 1. The van der Waals surface area contributed by atoms with E-state index in [0.29, 0.717) is 17.5 Å². The Kier molecular flexibility index (Phi) is 7.29. The quantitative estimate of drug-likeness (QED) is 0.176. The number of para-hydroxylation sites is 3. The Labute approximate surface area is 333 Å². The third-order valence-corrected chi connectivity index (χ3v) is 11.6. The fourth-order valence-corrected chi connectivity index (χ4v) is 8.96. The maximum Gasteiger partial charge on any atom is 0.167 e. The van der Waals surface area contributed by atoms with Crippen molar-refractivity contribution in [2.75, 3.05) is 0 Å². The SMILES string of the molecule is C1=Cc2cccc(-c3cc(-c4ccc(-c5nc(-c6ccccc6)nc(-c6cccc7c6oc6ccccc67)n5)c5ccccc45)c4c(c3)oc3ccccc34)c2CC1. The molecule has 3 aromatic heterocycles. The van der Waals surface area contributed by atoms with E-state index in [0.717, 1.165) is 101 Å². The van der Waals surface area contributed by atoms with Crippen LogP contribution in [-0.2, 0) is 6.42 Å². The van der Waals surface area contributed by atoms with Crippen LogP contribution in [0.1, 0.15) is 17.5 Å². The molecule has 0 bridgehead atoms. The first-order valence-corrected chi connectivity index (χ1v) is 19.7. The van der Waals surface area contributed by atoms with Crippen LogP contribution in [0.5, 0.6) is 0 Å². The van der Waals surface area contributed by atoms with Crippen LogP contribution in [0.25, 0.3) is 117 Å². The van der Waals surface area contributed by atoms with Gasteiger partial charge in [-0.3, -0.25) is 0 Å². The van der Waals surface area contributed by atoms with Gasteiger partial charge in [0.05, 0.1) is 5.56 Å². The molecule has 58 heavy (non-hydrogen) atoms. The van der Waals surface area contributed by atoms with Gasteiger partial charge in [0.1, 0.15) is 22.3 Å². The van der Waals surface area contributed by atoms with E-state index in [1.807, 2.05) is 66.7 Å². The lowest BCUT2D eigenvalue weighted by molar-refractivity contribution is 0.669. The molecule has 0 fully saturated rings. The second kappa shape index (κ2) is 13.0. The van der Waals surface area contributed by atoms with E-state index >= 15 is 0 Å². The van der Waals surface area contributed by atoms with E-state index < -0.39 is 0 Å². The van der Waals surface area contributed by atoms with E-state index in [9.17, 15) is 0 Å². The minimum absolute atomic E-state index is 0.557. The first kappa shape index (κ1) is 32.6. The number of furan rings is 2. The molecule has 0 radical (unpaired) electrons. The van der Waals surface area contributed by atoms with E-state index in [-0.39, 0.29) is 0 Å². The van der Waals surface area contributed by atoms with Gasteiger partial charge in [-0.05, 0) is 93.4 Å². The Morgan fingerprint density at radius 2 is 1.03 bits per heavy atom. The van der Waals surface area contributed by atoms with Gasteiger partial charge >= 0.3 is 0 Å². The molecule has 8 aromatic carbocycles. The average Bonchev–Trinajstić information content (AvgIpc) is 3.87. The Hall–Kier alpha value is -7.63. The smallest absolute Gasteiger partial charge is 0.167 e. The summed E-state index contributed by atoms with van der Waals surface area (Å²) >= 11 is 0. The highest BCUT2D eigenvalue weighted by Gasteiger charge is 2.22. The van der Waals surface area contributed by atoms with Crippen LogP contribution in [0.15, 0.2) is 179 Å². The first-order valence-electron chi connectivity index (χ1n) is 19.7. The third-order valence-electron chi connectivity index (χ3n) is 11.6. The Morgan fingerprint density at radius 1 is 0.397 bits per heavy atom. The van der Waals surface area contributed by atoms with E-state index in [2.05, 4.69) is 109 Å². The van der Waals surface area contributed by atoms with Crippen molar-refractivity contribution in [2.45, 2.75) is 12.8 Å². The van der Waals surface area contributed by atoms with Gasteiger partial charge in [0.25, 0.3) is 0 Å². The van der Waals surface area contributed by atoms with Gasteiger partial charge in [-0.1, -0.05) is 140 Å². The van der Waals surface area contributed by atoms with Crippen LogP contribution >= 0.6 is 0 Å². The van der Waals surface area contributed by atoms with Crippen LogP contribution < -0.4 is 0 Å². The zero-order valence-electron chi connectivity index (χ0n) is 31.3. The molecule has 1 aliphatic carbocycles. The van der Waals surface area contributed by atoms with Crippen molar-refractivity contribution in [3.8, 4) is 56.4 Å². The maximum atomic E-state index is 6.64. The van der Waals surface area contributed by atoms with Gasteiger partial charge < -0.3 is 8.83 Å². The lowest BCUT2D eigenvalue weighted by atomic mass is 9.86. The molecule has 0 saturated carbocycles. The summed E-state index contributed by atoms with van der Waals surface area (Å²) in [5, 5.41) is 6.44. The molecule has 0 aliphatic heterocycles. The zero-order valence-corrected chi connectivity index (χ0v) is 31.3. The fourth-order valence-electron chi connectivity index (χ4n) is 8.96. The Morgan fingerprint density at radius 3 is 1.88 bits per heavy atom. The highest BCUT2D eigenvalue weighted by atomic mass is 16.3. The van der Waals surface area contributed by atoms with Crippen molar-refractivity contribution < 1.29 is 8.83 Å². The van der Waals surface area contributed by atoms with Crippen LogP contribution in [0.2, 0.25) is 0 Å². The second-order valence-electron chi connectivity index (χ2n) is 15.0. The molecule has 0 atom stereocenters. The number of nitrogens with zero attached hydrogens (tertiary/aromatic N) is 3. The van der Waals surface area contributed by atoms with E-state index in [1.165, 1.54) is 16.7 Å². The molecule has 11 aromatic rings. The first-order chi connectivity index (χ1) is 28.7. The average molecular weight is 744 g/mol. The molecule has 12 rings (SSSR count). The molecule has 272 valence electrons. The van der Waals surface area contributed by atoms with Gasteiger partial charge in [0, 0.05) is 32.7 Å². The highest BCUT2D eigenvalue weighted by Crippen LogP contribution is 2.45. The van der Waals surface area contributed by atoms with Crippen LogP contribution in [0.3, 0.4) is 0 Å². The minimum Gasteiger partial charge on any atom is -0.456 e. The number of hydrogen-bond donors (Lipinski definition) is 0. The summed E-state index contributed by atoms with van der Waals surface area (Å²) in [7, 11) is 0. The second-order valence-corrected chi connectivity index (χ2v) is 15.0. The van der Waals surface area contributed by atoms with Crippen molar-refractivity contribution in [1.29, 1.82) is 0 Å². The monoisotopic (exact) mass is 743 g/mol. The molecule has 5 heteroatoms. The summed E-state index contributed by atoms with van der Waals surface area (Å²) in [4.78, 5) is 15.5. The van der Waals surface area contributed by atoms with Gasteiger partial charge in [-0.2, -0.15) is 0 Å². The summed E-state index contributed by atoms with van der Waals surface area (Å²) in [5.74, 6) is 1.75. The number of benzene rings is 8. The summed E-state index contributed by atoms with van der Waals surface area (Å²) in [6.07, 6.45) is 6.57. The number of rotatable bonds is 5. The Balaban J connectivity index is 1.10. The van der Waals surface area contributed by atoms with Crippen LogP contribution in [0, 0.1) is 0 Å². The normalized spacial score (nSPS) is 12.6. The largest absolute Gasteiger partial charge is 0.456 e. The summed E-state index contributed by atoms with van der Waals surface area (Å²) < 4.78 is 13.1. The Bertz CT molecular complexity index is 3470. The summed E-state index contributed by atoms with van der Waals surface area (Å²) in [5.41, 5.74) is 13.3. The molecular weight excluding hydrogens is 711 g/mol. The lowest BCUT2D eigenvalue weighted by Crippen LogP contribution is -2.01. The fraction of sp³-hybridized carbons (Fsp3) is 0.0377. The molecule has 1 aliphatic rings. The van der Waals surface area contributed by atoms with E-state index in [4.69, 9.17) is 23.8 Å². The predicted octanol–water partition coefficient (Wildman–Crippen LogP) is 14.1.